The molecule has 1 aliphatic carbocycles. The van der Waals surface area contributed by atoms with Crippen LogP contribution in [0, 0.1) is 24.2 Å². The highest BCUT2D eigenvalue weighted by atomic mass is 35.5. The van der Waals surface area contributed by atoms with Crippen LogP contribution in [0.1, 0.15) is 60.1 Å². The van der Waals surface area contributed by atoms with E-state index in [1.54, 1.807) is 12.1 Å². The van der Waals surface area contributed by atoms with E-state index in [1.165, 1.54) is 6.54 Å². The fourth-order valence-corrected chi connectivity index (χ4v) is 6.06. The number of aromatic nitrogens is 2. The van der Waals surface area contributed by atoms with Crippen molar-refractivity contribution in [3.05, 3.63) is 46.1 Å². The number of piperazine rings is 1. The number of rotatable bonds is 7. The lowest BCUT2D eigenvalue weighted by Crippen LogP contribution is -2.47. The fraction of sp³-hybridized carbons (Fsp3) is 0.581. The molecule has 0 unspecified atom stereocenters. The summed E-state index contributed by atoms with van der Waals surface area (Å²) in [5.41, 5.74) is 1.59. The second-order valence-corrected chi connectivity index (χ2v) is 12.2. The van der Waals surface area contributed by atoms with Gasteiger partial charge in [0, 0.05) is 57.4 Å². The van der Waals surface area contributed by atoms with Gasteiger partial charge in [-0.25, -0.2) is 4.79 Å². The molecule has 5 rings (SSSR count). The molecule has 3 heterocycles. The number of anilines is 1. The minimum atomic E-state index is -5.08. The van der Waals surface area contributed by atoms with Crippen molar-refractivity contribution in [2.45, 2.75) is 63.8 Å². The molecular weight excluding hydrogens is 627 g/mol. The Morgan fingerprint density at radius 3 is 2.28 bits per heavy atom. The smallest absolute Gasteiger partial charge is 0.490 e. The maximum Gasteiger partial charge on any atom is 0.490 e. The van der Waals surface area contributed by atoms with Crippen molar-refractivity contribution in [2.75, 3.05) is 50.7 Å². The second-order valence-electron chi connectivity index (χ2n) is 11.8. The number of hydrogen-bond donors (Lipinski definition) is 3. The number of amides is 1. The van der Waals surface area contributed by atoms with Crippen molar-refractivity contribution >= 4 is 29.3 Å². The number of aliphatic carboxylic acids is 1. The van der Waals surface area contributed by atoms with Crippen LogP contribution in [0.15, 0.2) is 24.3 Å². The first-order chi connectivity index (χ1) is 21.9. The third-order valence-electron chi connectivity index (χ3n) is 8.55. The Morgan fingerprint density at radius 2 is 1.72 bits per heavy atom. The molecule has 0 bridgehead atoms. The summed E-state index contributed by atoms with van der Waals surface area (Å²) < 4.78 is 37.9. The second kappa shape index (κ2) is 16.2. The summed E-state index contributed by atoms with van der Waals surface area (Å²) in [5.74, 6) is -0.632. The molecule has 3 N–H and O–H groups in total. The molecule has 2 saturated heterocycles. The van der Waals surface area contributed by atoms with Gasteiger partial charge in [0.2, 0.25) is 0 Å². The number of nitrogens with one attached hydrogen (secondary N) is 2. The number of carboxylic acid groups (broad SMARTS) is 1. The molecule has 11 nitrogen and oxygen atoms in total. The van der Waals surface area contributed by atoms with Crippen molar-refractivity contribution in [2.24, 2.45) is 5.92 Å². The molecule has 46 heavy (non-hydrogen) atoms. The van der Waals surface area contributed by atoms with Crippen LogP contribution in [0.25, 0.3) is 0 Å². The zero-order chi connectivity index (χ0) is 33.3. The van der Waals surface area contributed by atoms with Crippen LogP contribution >= 0.6 is 11.6 Å². The van der Waals surface area contributed by atoms with Gasteiger partial charge in [-0.05, 0) is 75.6 Å². The van der Waals surface area contributed by atoms with E-state index in [2.05, 4.69) is 36.7 Å². The van der Waals surface area contributed by atoms with Crippen LogP contribution in [0.2, 0.25) is 5.02 Å². The van der Waals surface area contributed by atoms with Gasteiger partial charge in [-0.15, -0.1) is 10.2 Å². The van der Waals surface area contributed by atoms with Crippen LogP contribution in [-0.2, 0) is 4.79 Å². The lowest BCUT2D eigenvalue weighted by Gasteiger charge is -2.36. The van der Waals surface area contributed by atoms with Crippen LogP contribution in [0.4, 0.5) is 19.0 Å². The minimum absolute atomic E-state index is 0.0564. The molecule has 0 radical (unpaired) electrons. The minimum Gasteiger partial charge on any atom is -0.490 e. The number of piperidine rings is 1. The Hall–Kier alpha value is -3.67. The summed E-state index contributed by atoms with van der Waals surface area (Å²) in [6.07, 6.45) is 0.618. The number of benzene rings is 1. The van der Waals surface area contributed by atoms with Crippen molar-refractivity contribution in [3.63, 3.8) is 0 Å². The number of carboxylic acids is 1. The first-order valence-electron chi connectivity index (χ1n) is 15.4. The van der Waals surface area contributed by atoms with Crippen molar-refractivity contribution in [1.82, 2.24) is 25.7 Å². The Labute approximate surface area is 271 Å². The van der Waals surface area contributed by atoms with Gasteiger partial charge in [0.15, 0.2) is 11.5 Å². The molecule has 2 aliphatic heterocycles. The van der Waals surface area contributed by atoms with Crippen molar-refractivity contribution in [1.29, 1.82) is 5.26 Å². The first-order valence-corrected chi connectivity index (χ1v) is 15.8. The third-order valence-corrected chi connectivity index (χ3v) is 9.04. The number of halogens is 4. The molecule has 3 aliphatic rings. The van der Waals surface area contributed by atoms with Crippen LogP contribution in [0.5, 0.6) is 5.75 Å². The topological polar surface area (TPSA) is 144 Å². The van der Waals surface area contributed by atoms with Gasteiger partial charge in [0.05, 0.1) is 16.7 Å². The monoisotopic (exact) mass is 665 g/mol. The third kappa shape index (κ3) is 9.91. The van der Waals surface area contributed by atoms with Crippen LogP contribution in [-0.4, -0.2) is 96.2 Å². The highest BCUT2D eigenvalue weighted by molar-refractivity contribution is 6.32. The van der Waals surface area contributed by atoms with E-state index in [0.717, 1.165) is 95.1 Å². The zero-order valence-corrected chi connectivity index (χ0v) is 26.4. The van der Waals surface area contributed by atoms with Gasteiger partial charge in [-0.1, -0.05) is 11.6 Å². The van der Waals surface area contributed by atoms with Gasteiger partial charge < -0.3 is 30.3 Å². The molecule has 0 spiro atoms. The Kier molecular flexibility index (Phi) is 12.4. The van der Waals surface area contributed by atoms with E-state index in [9.17, 15) is 18.0 Å². The molecule has 15 heteroatoms. The lowest BCUT2D eigenvalue weighted by atomic mass is 9.92. The summed E-state index contributed by atoms with van der Waals surface area (Å²) in [6, 6.07) is 9.40. The maximum absolute atomic E-state index is 12.8. The molecule has 0 atom stereocenters. The highest BCUT2D eigenvalue weighted by Crippen LogP contribution is 2.32. The summed E-state index contributed by atoms with van der Waals surface area (Å²) in [4.78, 5) is 26.6. The Bertz CT molecular complexity index is 1370. The Morgan fingerprint density at radius 1 is 1.07 bits per heavy atom. The molecule has 2 aromatic rings. The van der Waals surface area contributed by atoms with E-state index in [4.69, 9.17) is 31.5 Å². The van der Waals surface area contributed by atoms with Crippen molar-refractivity contribution < 1.29 is 32.6 Å². The molecule has 1 aromatic heterocycles. The number of carbonyl (C=O) groups excluding carboxylic acids is 1. The molecule has 3 fully saturated rings. The fourth-order valence-electron chi connectivity index (χ4n) is 5.86. The van der Waals surface area contributed by atoms with Crippen LogP contribution in [0.3, 0.4) is 0 Å². The molecule has 1 amide bonds. The number of ether oxygens (including phenoxy) is 1. The molecule has 250 valence electrons. The van der Waals surface area contributed by atoms with E-state index in [1.807, 2.05) is 19.1 Å². The highest BCUT2D eigenvalue weighted by Gasteiger charge is 2.38. The summed E-state index contributed by atoms with van der Waals surface area (Å²) in [6.45, 7) is 9.52. The average Bonchev–Trinajstić information content (AvgIpc) is 3.05. The molecule has 1 saturated carbocycles. The van der Waals surface area contributed by atoms with Gasteiger partial charge in [0.1, 0.15) is 11.8 Å². The number of alkyl halides is 3. The molecular formula is C31H39ClF3N7O4. The van der Waals surface area contributed by atoms with E-state index in [0.29, 0.717) is 22.0 Å². The van der Waals surface area contributed by atoms with Gasteiger partial charge in [-0.2, -0.15) is 18.4 Å². The summed E-state index contributed by atoms with van der Waals surface area (Å²) in [5, 5.41) is 31.9. The number of carbonyl (C=O) groups is 2. The van der Waals surface area contributed by atoms with Gasteiger partial charge in [0.25, 0.3) is 5.91 Å². The number of nitrogens with zero attached hydrogens (tertiary/aromatic N) is 5. The first kappa shape index (κ1) is 35.2. The van der Waals surface area contributed by atoms with Gasteiger partial charge >= 0.3 is 12.1 Å². The van der Waals surface area contributed by atoms with E-state index >= 15 is 0 Å². The Balaban J connectivity index is 0.000000617. The lowest BCUT2D eigenvalue weighted by molar-refractivity contribution is -0.192. The predicted molar refractivity (Wildman–Crippen MR) is 165 cm³/mol. The predicted octanol–water partition coefficient (Wildman–Crippen LogP) is 4.19. The standard InChI is InChI=1S/C29H38ClN7O2.C2HF3O2/c1-20-26(8-2-22(18-31)28(20)30)39-24-5-3-23(4-6-24)33-29(38)25-7-9-27(35-34-25)37-14-10-21(11-15-37)19-36-16-12-32-13-17-36;3-2(4,5)1(6)7/h2,7-9,21,23-24,32H,3-6,10-17,19H2,1H3,(H,33,38);(H,6,7). The quantitative estimate of drug-likeness (QED) is 0.394. The van der Waals surface area contributed by atoms with Crippen molar-refractivity contribution in [3.8, 4) is 11.8 Å². The van der Waals surface area contributed by atoms with Crippen LogP contribution < -0.4 is 20.3 Å². The summed E-state index contributed by atoms with van der Waals surface area (Å²) in [7, 11) is 0. The maximum atomic E-state index is 12.8. The zero-order valence-electron chi connectivity index (χ0n) is 25.7. The number of nitriles is 1. The molecule has 1 aromatic carbocycles. The van der Waals surface area contributed by atoms with E-state index < -0.39 is 12.1 Å². The summed E-state index contributed by atoms with van der Waals surface area (Å²) >= 11 is 6.28. The average molecular weight is 666 g/mol. The number of hydrogen-bond acceptors (Lipinski definition) is 9. The van der Waals surface area contributed by atoms with E-state index in [-0.39, 0.29) is 18.1 Å². The normalized spacial score (nSPS) is 21.0. The largest absolute Gasteiger partial charge is 0.490 e. The van der Waals surface area contributed by atoms with Gasteiger partial charge in [-0.3, -0.25) is 4.79 Å². The SMILES string of the molecule is Cc1c(OC2CCC(NC(=O)c3ccc(N4CCC(CN5CCNCC5)CC4)nn3)CC2)ccc(C#N)c1Cl.O=C(O)C(F)(F)F.